The van der Waals surface area contributed by atoms with Gasteiger partial charge in [-0.2, -0.15) is 0 Å². The van der Waals surface area contributed by atoms with Crippen molar-refractivity contribution in [1.29, 1.82) is 0 Å². The van der Waals surface area contributed by atoms with Crippen molar-refractivity contribution >= 4 is 11.4 Å². The first-order chi connectivity index (χ1) is 12.4. The van der Waals surface area contributed by atoms with Gasteiger partial charge in [0.25, 0.3) is 0 Å². The second-order valence-electron chi connectivity index (χ2n) is 9.76. The zero-order valence-corrected chi connectivity index (χ0v) is 22.4. The number of nitrogens with zero attached hydrogens (tertiary/aromatic N) is 2. The number of benzene rings is 1. The molecule has 0 radical (unpaired) electrons. The van der Waals surface area contributed by atoms with E-state index < -0.39 is 0 Å². The van der Waals surface area contributed by atoms with Crippen molar-refractivity contribution in [1.82, 2.24) is 0 Å². The van der Waals surface area contributed by atoms with E-state index in [1.54, 1.807) is 0 Å². The third kappa shape index (κ3) is 3.95. The maximum atomic E-state index is 2.42. The van der Waals surface area contributed by atoms with Gasteiger partial charge in [-0.3, -0.25) is 0 Å². The van der Waals surface area contributed by atoms with Crippen LogP contribution in [-0.4, -0.2) is 30.9 Å². The van der Waals surface area contributed by atoms with Gasteiger partial charge >= 0.3 is 0 Å². The fourth-order valence-corrected chi connectivity index (χ4v) is 5.26. The molecule has 29 heavy (non-hydrogen) atoms. The Bertz CT molecular complexity index is 898. The number of likely N-dealkylation sites (N-methyl/N-ethyl adjacent to an activating group) is 1. The molecule has 0 aromatic heterocycles. The Morgan fingerprint density at radius 3 is 2.00 bits per heavy atom. The molecule has 0 amide bonds. The van der Waals surface area contributed by atoms with E-state index in [1.165, 1.54) is 51.3 Å². The average molecular weight is 565 g/mol. The fourth-order valence-electron chi connectivity index (χ4n) is 5.26. The van der Waals surface area contributed by atoms with E-state index in [-0.39, 0.29) is 39.3 Å². The first-order valence-electron chi connectivity index (χ1n) is 10.2. The molecule has 2 nitrogen and oxygen atoms in total. The van der Waals surface area contributed by atoms with E-state index >= 15 is 0 Å². The van der Waals surface area contributed by atoms with Crippen molar-refractivity contribution < 1.29 is 25.6 Å². The normalized spacial score (nSPS) is 20.9. The third-order valence-electron chi connectivity index (χ3n) is 7.30. The van der Waals surface area contributed by atoms with Crippen LogP contribution in [0.1, 0.15) is 69.4 Å². The molecular formula is C26H41N2W+. The van der Waals surface area contributed by atoms with Crippen molar-refractivity contribution in [3.05, 3.63) is 51.7 Å². The van der Waals surface area contributed by atoms with Crippen LogP contribution in [0.15, 0.2) is 23.9 Å². The minimum absolute atomic E-state index is 0. The summed E-state index contributed by atoms with van der Waals surface area (Å²) in [4.78, 5) is 2.42. The van der Waals surface area contributed by atoms with Crippen molar-refractivity contribution in [2.24, 2.45) is 5.41 Å². The Labute approximate surface area is 194 Å². The molecular weight excluding hydrogens is 524 g/mol. The van der Waals surface area contributed by atoms with Gasteiger partial charge in [-0.25, -0.2) is 4.58 Å². The number of fused-ring (bicyclic) bond motifs is 1. The molecule has 0 spiro atoms. The second-order valence-corrected chi connectivity index (χ2v) is 9.76. The predicted molar refractivity (Wildman–Crippen MR) is 125 cm³/mol. The largest absolute Gasteiger partial charge is 0.347 e. The summed E-state index contributed by atoms with van der Waals surface area (Å²) >= 11 is 0. The monoisotopic (exact) mass is 565 g/mol. The molecule has 160 valence electrons. The fraction of sp³-hybridized carbons (Fsp3) is 0.577. The Balaban J connectivity index is 0.00000210. The van der Waals surface area contributed by atoms with Gasteiger partial charge in [0.1, 0.15) is 13.6 Å². The van der Waals surface area contributed by atoms with Crippen LogP contribution >= 0.6 is 0 Å². The van der Waals surface area contributed by atoms with Crippen LogP contribution in [0.4, 0.5) is 5.69 Å². The Morgan fingerprint density at radius 2 is 1.48 bits per heavy atom. The molecule has 2 aliphatic heterocycles. The maximum absolute atomic E-state index is 2.42. The molecule has 1 aromatic carbocycles. The molecule has 0 saturated carbocycles. The van der Waals surface area contributed by atoms with Crippen LogP contribution < -0.4 is 4.90 Å². The zero-order chi connectivity index (χ0) is 20.3. The van der Waals surface area contributed by atoms with Crippen LogP contribution in [0, 0.1) is 33.1 Å². The quantitative estimate of drug-likeness (QED) is 0.386. The molecule has 2 aliphatic rings. The topological polar surface area (TPSA) is 6.25 Å². The van der Waals surface area contributed by atoms with Crippen LogP contribution in [0.3, 0.4) is 0 Å². The molecule has 0 aliphatic carbocycles. The Hall–Kier alpha value is -1.14. The minimum atomic E-state index is 0. The van der Waals surface area contributed by atoms with E-state index in [0.717, 1.165) is 6.54 Å². The molecule has 0 fully saturated rings. The van der Waals surface area contributed by atoms with E-state index in [0.29, 0.717) is 0 Å². The molecule has 0 unspecified atom stereocenters. The van der Waals surface area contributed by atoms with Crippen molar-refractivity contribution in [3.63, 3.8) is 0 Å². The molecule has 0 bridgehead atoms. The van der Waals surface area contributed by atoms with Crippen LogP contribution in [0.5, 0.6) is 0 Å². The van der Waals surface area contributed by atoms with Gasteiger partial charge in [-0.1, -0.05) is 27.4 Å². The predicted octanol–water partition coefficient (Wildman–Crippen LogP) is 6.23. The molecule has 0 saturated heterocycles. The maximum Gasteiger partial charge on any atom is 0.181 e. The summed E-state index contributed by atoms with van der Waals surface area (Å²) in [6, 6.07) is 0. The van der Waals surface area contributed by atoms with Gasteiger partial charge in [0.2, 0.25) is 0 Å². The summed E-state index contributed by atoms with van der Waals surface area (Å²) in [6.07, 6.45) is 8.15. The van der Waals surface area contributed by atoms with Crippen molar-refractivity contribution in [2.45, 2.75) is 74.7 Å². The molecule has 3 heteroatoms. The molecule has 2 heterocycles. The van der Waals surface area contributed by atoms with Crippen molar-refractivity contribution in [3.8, 4) is 0 Å². The van der Waals surface area contributed by atoms with Crippen LogP contribution in [0.2, 0.25) is 0 Å². The number of anilines is 1. The Morgan fingerprint density at radius 1 is 0.931 bits per heavy atom. The minimum Gasteiger partial charge on any atom is -0.347 e. The third-order valence-corrected chi connectivity index (χ3v) is 7.30. The van der Waals surface area contributed by atoms with Gasteiger partial charge in [0.15, 0.2) is 5.71 Å². The molecule has 1 aromatic rings. The van der Waals surface area contributed by atoms with Crippen LogP contribution in [0.25, 0.3) is 0 Å². The van der Waals surface area contributed by atoms with E-state index in [2.05, 4.69) is 97.2 Å². The first kappa shape index (κ1) is 25.9. The smallest absolute Gasteiger partial charge is 0.181 e. The zero-order valence-electron chi connectivity index (χ0n) is 19.4. The first-order valence-corrected chi connectivity index (χ1v) is 10.2. The summed E-state index contributed by atoms with van der Waals surface area (Å²) in [6.45, 7) is 19.7. The molecule has 0 atom stereocenters. The number of hydrogen-bond donors (Lipinski definition) is 0. The van der Waals surface area contributed by atoms with Crippen LogP contribution in [-0.2, 0) is 26.5 Å². The summed E-state index contributed by atoms with van der Waals surface area (Å²) in [7, 11) is 4.44. The van der Waals surface area contributed by atoms with Crippen molar-refractivity contribution in [2.75, 3.05) is 25.5 Å². The second kappa shape index (κ2) is 8.54. The van der Waals surface area contributed by atoms with Gasteiger partial charge < -0.3 is 4.90 Å². The number of rotatable bonds is 2. The number of hydrogen-bond acceptors (Lipinski definition) is 1. The summed E-state index contributed by atoms with van der Waals surface area (Å²) < 4.78 is 2.40. The molecule has 3 rings (SSSR count). The van der Waals surface area contributed by atoms with Gasteiger partial charge in [-0.15, -0.1) is 0 Å². The Kier molecular flexibility index (Phi) is 7.63. The summed E-state index contributed by atoms with van der Waals surface area (Å²) in [5.74, 6) is 0. The summed E-state index contributed by atoms with van der Waals surface area (Å²) in [5.41, 5.74) is 11.7. The number of allylic oxidation sites excluding steroid dienone is 4. The molecule has 0 N–H and O–H groups in total. The average Bonchev–Trinajstić information content (AvgIpc) is 2.95. The SMILES string of the molecule is C.Cc1c(C)c(C)c2c(c1C)N(C)C(=CC=CC1=[N+](C)CCC1(C)C)C2(C)C.[W]. The summed E-state index contributed by atoms with van der Waals surface area (Å²) in [5, 5.41) is 0. The standard InChI is InChI=1S/C25H37N2.CH4.W/c1-16-17(2)19(4)23-22(18(16)3)25(7,8)21(27(23)10)13-11-12-20-24(5,6)14-15-26(20)9;;/h11-13H,14-15H2,1-10H3;1H4;/q+1;;. The van der Waals surface area contributed by atoms with Gasteiger partial charge in [0.05, 0.1) is 5.41 Å². The van der Waals surface area contributed by atoms with E-state index in [9.17, 15) is 0 Å². The van der Waals surface area contributed by atoms with E-state index in [4.69, 9.17) is 0 Å². The van der Waals surface area contributed by atoms with E-state index in [1.807, 2.05) is 0 Å². The van der Waals surface area contributed by atoms with Gasteiger partial charge in [0, 0.05) is 57.4 Å². The van der Waals surface area contributed by atoms with Gasteiger partial charge in [-0.05, 0) is 75.4 Å².